The lowest BCUT2D eigenvalue weighted by Crippen LogP contribution is -2.42. The highest BCUT2D eigenvalue weighted by atomic mass is 19.1. The van der Waals surface area contributed by atoms with Gasteiger partial charge in [-0.2, -0.15) is 0 Å². The zero-order valence-corrected chi connectivity index (χ0v) is 14.6. The molecule has 1 atom stereocenters. The van der Waals surface area contributed by atoms with Gasteiger partial charge in [0.15, 0.2) is 5.96 Å². The smallest absolute Gasteiger partial charge is 0.191 e. The van der Waals surface area contributed by atoms with Gasteiger partial charge in [0.2, 0.25) is 0 Å². The maximum atomic E-state index is 13.4. The summed E-state index contributed by atoms with van der Waals surface area (Å²) in [6, 6.07) is 6.77. The number of nitrogens with zero attached hydrogens (tertiary/aromatic N) is 2. The first kappa shape index (κ1) is 19.4. The fourth-order valence-corrected chi connectivity index (χ4v) is 2.25. The monoisotopic (exact) mass is 324 g/mol. The van der Waals surface area contributed by atoms with E-state index < -0.39 is 0 Å². The number of aliphatic imine (C=N–C) groups is 1. The van der Waals surface area contributed by atoms with Gasteiger partial charge < -0.3 is 20.3 Å². The molecule has 0 saturated carbocycles. The average Bonchev–Trinajstić information content (AvgIpc) is 2.52. The van der Waals surface area contributed by atoms with Crippen molar-refractivity contribution in [2.75, 3.05) is 47.4 Å². The van der Waals surface area contributed by atoms with Gasteiger partial charge in [-0.25, -0.2) is 4.39 Å². The van der Waals surface area contributed by atoms with Crippen molar-refractivity contribution < 1.29 is 9.13 Å². The Kier molecular flexibility index (Phi) is 9.24. The van der Waals surface area contributed by atoms with E-state index in [0.717, 1.165) is 37.7 Å². The second-order valence-corrected chi connectivity index (χ2v) is 5.46. The van der Waals surface area contributed by atoms with Gasteiger partial charge in [0, 0.05) is 33.4 Å². The Morgan fingerprint density at radius 1 is 1.35 bits per heavy atom. The van der Waals surface area contributed by atoms with E-state index in [4.69, 9.17) is 4.74 Å². The van der Waals surface area contributed by atoms with Crippen molar-refractivity contribution in [3.63, 3.8) is 0 Å². The normalized spacial score (nSPS) is 13.2. The standard InChI is InChI=1S/C17H29FN4O/c1-5-23-11-7-10-20-17(19-2)21-13-16(22(3)4)14-8-6-9-15(18)12-14/h6,8-9,12,16H,5,7,10-11,13H2,1-4H3,(H2,19,20,21). The van der Waals surface area contributed by atoms with E-state index in [2.05, 4.69) is 20.5 Å². The lowest BCUT2D eigenvalue weighted by atomic mass is 10.1. The van der Waals surface area contributed by atoms with Crippen molar-refractivity contribution >= 4 is 5.96 Å². The number of ether oxygens (including phenoxy) is 1. The molecule has 0 fully saturated rings. The molecule has 23 heavy (non-hydrogen) atoms. The Labute approximate surface area is 138 Å². The first-order valence-corrected chi connectivity index (χ1v) is 8.02. The van der Waals surface area contributed by atoms with Crippen LogP contribution in [0.2, 0.25) is 0 Å². The SMILES string of the molecule is CCOCCCNC(=NC)NCC(c1cccc(F)c1)N(C)C. The van der Waals surface area contributed by atoms with Crippen molar-refractivity contribution in [3.8, 4) is 0 Å². The minimum atomic E-state index is -0.215. The molecule has 6 heteroatoms. The molecule has 0 saturated heterocycles. The van der Waals surface area contributed by atoms with E-state index >= 15 is 0 Å². The van der Waals surface area contributed by atoms with Crippen LogP contribution in [0.15, 0.2) is 29.3 Å². The molecule has 0 aromatic heterocycles. The summed E-state index contributed by atoms with van der Waals surface area (Å²) >= 11 is 0. The van der Waals surface area contributed by atoms with Crippen LogP contribution in [0.5, 0.6) is 0 Å². The predicted octanol–water partition coefficient (Wildman–Crippen LogP) is 2.02. The quantitative estimate of drug-likeness (QED) is 0.414. The van der Waals surface area contributed by atoms with Gasteiger partial charge in [0.25, 0.3) is 0 Å². The highest BCUT2D eigenvalue weighted by Crippen LogP contribution is 2.18. The van der Waals surface area contributed by atoms with Gasteiger partial charge in [-0.05, 0) is 45.1 Å². The minimum absolute atomic E-state index is 0.0627. The summed E-state index contributed by atoms with van der Waals surface area (Å²) in [7, 11) is 5.70. The molecule has 0 amide bonds. The summed E-state index contributed by atoms with van der Waals surface area (Å²) in [5.41, 5.74) is 0.939. The fourth-order valence-electron chi connectivity index (χ4n) is 2.25. The van der Waals surface area contributed by atoms with Gasteiger partial charge in [0.1, 0.15) is 5.82 Å². The van der Waals surface area contributed by atoms with Gasteiger partial charge in [-0.15, -0.1) is 0 Å². The Bertz CT molecular complexity index is 479. The summed E-state index contributed by atoms with van der Waals surface area (Å²) in [5.74, 6) is 0.525. The van der Waals surface area contributed by atoms with Crippen LogP contribution in [0.3, 0.4) is 0 Å². The molecule has 1 unspecified atom stereocenters. The van der Waals surface area contributed by atoms with Gasteiger partial charge in [0.05, 0.1) is 6.04 Å². The van der Waals surface area contributed by atoms with E-state index in [0.29, 0.717) is 6.54 Å². The number of likely N-dealkylation sites (N-methyl/N-ethyl adjacent to an activating group) is 1. The topological polar surface area (TPSA) is 48.9 Å². The molecule has 0 aliphatic carbocycles. The van der Waals surface area contributed by atoms with E-state index in [-0.39, 0.29) is 11.9 Å². The largest absolute Gasteiger partial charge is 0.382 e. The van der Waals surface area contributed by atoms with Gasteiger partial charge >= 0.3 is 0 Å². The number of hydrogen-bond acceptors (Lipinski definition) is 3. The van der Waals surface area contributed by atoms with E-state index in [9.17, 15) is 4.39 Å². The Morgan fingerprint density at radius 2 is 2.13 bits per heavy atom. The summed E-state index contributed by atoms with van der Waals surface area (Å²) in [5, 5.41) is 6.55. The van der Waals surface area contributed by atoms with Crippen LogP contribution in [-0.4, -0.2) is 58.3 Å². The van der Waals surface area contributed by atoms with Crippen molar-refractivity contribution in [3.05, 3.63) is 35.6 Å². The van der Waals surface area contributed by atoms with Crippen molar-refractivity contribution in [2.24, 2.45) is 4.99 Å². The van der Waals surface area contributed by atoms with Crippen LogP contribution in [0.25, 0.3) is 0 Å². The number of halogens is 1. The maximum absolute atomic E-state index is 13.4. The first-order valence-electron chi connectivity index (χ1n) is 8.02. The molecule has 0 aliphatic rings. The second kappa shape index (κ2) is 11.0. The van der Waals surface area contributed by atoms with Crippen LogP contribution in [0.4, 0.5) is 4.39 Å². The van der Waals surface area contributed by atoms with Crippen LogP contribution in [-0.2, 0) is 4.74 Å². The number of guanidine groups is 1. The van der Waals surface area contributed by atoms with E-state index in [1.165, 1.54) is 6.07 Å². The van der Waals surface area contributed by atoms with Crippen molar-refractivity contribution in [1.82, 2.24) is 15.5 Å². The Morgan fingerprint density at radius 3 is 2.74 bits per heavy atom. The van der Waals surface area contributed by atoms with E-state index in [1.807, 2.05) is 27.1 Å². The zero-order chi connectivity index (χ0) is 17.1. The number of rotatable bonds is 9. The molecule has 2 N–H and O–H groups in total. The highest BCUT2D eigenvalue weighted by molar-refractivity contribution is 5.79. The van der Waals surface area contributed by atoms with Gasteiger partial charge in [-0.3, -0.25) is 4.99 Å². The third-order valence-corrected chi connectivity index (χ3v) is 3.51. The molecular formula is C17H29FN4O. The molecule has 1 aromatic rings. The Balaban J connectivity index is 2.50. The lowest BCUT2D eigenvalue weighted by Gasteiger charge is -2.26. The molecule has 5 nitrogen and oxygen atoms in total. The van der Waals surface area contributed by atoms with Crippen molar-refractivity contribution in [1.29, 1.82) is 0 Å². The van der Waals surface area contributed by atoms with Crippen LogP contribution >= 0.6 is 0 Å². The van der Waals surface area contributed by atoms with Crippen molar-refractivity contribution in [2.45, 2.75) is 19.4 Å². The predicted molar refractivity (Wildman–Crippen MR) is 93.3 cm³/mol. The summed E-state index contributed by atoms with van der Waals surface area (Å²) in [4.78, 5) is 6.27. The van der Waals surface area contributed by atoms with Crippen LogP contribution in [0, 0.1) is 5.82 Å². The third kappa shape index (κ3) is 7.43. The molecule has 0 bridgehead atoms. The molecule has 0 spiro atoms. The molecular weight excluding hydrogens is 295 g/mol. The Hall–Kier alpha value is -1.66. The average molecular weight is 324 g/mol. The van der Waals surface area contributed by atoms with Crippen LogP contribution in [0.1, 0.15) is 24.9 Å². The number of benzene rings is 1. The fraction of sp³-hybridized carbons (Fsp3) is 0.588. The molecule has 0 radical (unpaired) electrons. The molecule has 0 heterocycles. The highest BCUT2D eigenvalue weighted by Gasteiger charge is 2.15. The molecule has 1 rings (SSSR count). The second-order valence-electron chi connectivity index (χ2n) is 5.46. The summed E-state index contributed by atoms with van der Waals surface area (Å²) in [6.07, 6.45) is 0.926. The first-order chi connectivity index (χ1) is 11.1. The number of hydrogen-bond donors (Lipinski definition) is 2. The summed E-state index contributed by atoms with van der Waals surface area (Å²) < 4.78 is 18.7. The van der Waals surface area contributed by atoms with Crippen LogP contribution < -0.4 is 10.6 Å². The minimum Gasteiger partial charge on any atom is -0.382 e. The lowest BCUT2D eigenvalue weighted by molar-refractivity contribution is 0.145. The molecule has 130 valence electrons. The summed E-state index contributed by atoms with van der Waals surface area (Å²) in [6.45, 7) is 4.91. The number of nitrogens with one attached hydrogen (secondary N) is 2. The third-order valence-electron chi connectivity index (χ3n) is 3.51. The maximum Gasteiger partial charge on any atom is 0.191 e. The molecule has 1 aromatic carbocycles. The van der Waals surface area contributed by atoms with E-state index in [1.54, 1.807) is 19.2 Å². The van der Waals surface area contributed by atoms with Gasteiger partial charge in [-0.1, -0.05) is 12.1 Å². The molecule has 0 aliphatic heterocycles. The zero-order valence-electron chi connectivity index (χ0n) is 14.6.